The highest BCUT2D eigenvalue weighted by Gasteiger charge is 2.07. The molecule has 2 aromatic rings. The molecule has 1 aromatic heterocycles. The molecule has 17 heavy (non-hydrogen) atoms. The average Bonchev–Trinajstić information content (AvgIpc) is 2.60. The number of anilines is 1. The summed E-state index contributed by atoms with van der Waals surface area (Å²) in [5.74, 6) is -0.800. The van der Waals surface area contributed by atoms with Crippen LogP contribution in [-0.4, -0.2) is 22.6 Å². The van der Waals surface area contributed by atoms with Crippen molar-refractivity contribution in [3.63, 3.8) is 0 Å². The summed E-state index contributed by atoms with van der Waals surface area (Å²) in [6.45, 7) is 4.51. The van der Waals surface area contributed by atoms with Gasteiger partial charge in [-0.25, -0.2) is 4.98 Å². The third kappa shape index (κ3) is 2.74. The SMILES string of the molecule is Cc1cc(C)c2nc(NCCC(=O)O)sc2c1. The molecular weight excluding hydrogens is 236 g/mol. The van der Waals surface area contributed by atoms with Gasteiger partial charge in [0, 0.05) is 6.54 Å². The summed E-state index contributed by atoms with van der Waals surface area (Å²) in [4.78, 5) is 14.9. The topological polar surface area (TPSA) is 62.2 Å². The minimum Gasteiger partial charge on any atom is -0.481 e. The van der Waals surface area contributed by atoms with Crippen LogP contribution in [0.3, 0.4) is 0 Å². The summed E-state index contributed by atoms with van der Waals surface area (Å²) in [6.07, 6.45) is 0.105. The molecule has 0 bridgehead atoms. The lowest BCUT2D eigenvalue weighted by Crippen LogP contribution is -2.06. The molecule has 0 atom stereocenters. The van der Waals surface area contributed by atoms with Crippen molar-refractivity contribution in [1.82, 2.24) is 4.98 Å². The van der Waals surface area contributed by atoms with Gasteiger partial charge in [-0.3, -0.25) is 4.79 Å². The summed E-state index contributed by atoms with van der Waals surface area (Å²) >= 11 is 1.56. The Hall–Kier alpha value is -1.62. The van der Waals surface area contributed by atoms with Crippen LogP contribution >= 0.6 is 11.3 Å². The number of hydrogen-bond acceptors (Lipinski definition) is 4. The van der Waals surface area contributed by atoms with Gasteiger partial charge >= 0.3 is 5.97 Å². The Morgan fingerprint density at radius 1 is 1.47 bits per heavy atom. The van der Waals surface area contributed by atoms with Crippen LogP contribution in [0.2, 0.25) is 0 Å². The molecular formula is C12H14N2O2S. The lowest BCUT2D eigenvalue weighted by molar-refractivity contribution is -0.136. The van der Waals surface area contributed by atoms with Gasteiger partial charge in [0.05, 0.1) is 16.6 Å². The predicted octanol–water partition coefficient (Wildman–Crippen LogP) is 2.80. The van der Waals surface area contributed by atoms with Crippen LogP contribution in [0.25, 0.3) is 10.2 Å². The van der Waals surface area contributed by atoms with Gasteiger partial charge in [-0.15, -0.1) is 0 Å². The van der Waals surface area contributed by atoms with E-state index in [1.54, 1.807) is 11.3 Å². The minimum atomic E-state index is -0.800. The number of fused-ring (bicyclic) bond motifs is 1. The van der Waals surface area contributed by atoms with E-state index in [2.05, 4.69) is 29.4 Å². The number of benzene rings is 1. The van der Waals surface area contributed by atoms with Crippen molar-refractivity contribution in [3.8, 4) is 0 Å². The van der Waals surface area contributed by atoms with Crippen LogP contribution in [0.4, 0.5) is 5.13 Å². The summed E-state index contributed by atoms with van der Waals surface area (Å²) < 4.78 is 1.14. The maximum Gasteiger partial charge on any atom is 0.305 e. The van der Waals surface area contributed by atoms with E-state index in [1.807, 2.05) is 6.92 Å². The van der Waals surface area contributed by atoms with Crippen LogP contribution in [0.1, 0.15) is 17.5 Å². The number of aromatic nitrogens is 1. The fourth-order valence-corrected chi connectivity index (χ4v) is 2.79. The van der Waals surface area contributed by atoms with Crippen molar-refractivity contribution < 1.29 is 9.90 Å². The Kier molecular flexibility index (Phi) is 3.28. The number of aryl methyl sites for hydroxylation is 2. The first-order chi connectivity index (χ1) is 8.06. The number of carbonyl (C=O) groups is 1. The maximum atomic E-state index is 10.4. The number of carboxylic acids is 1. The molecule has 0 aliphatic rings. The van der Waals surface area contributed by atoms with Crippen LogP contribution in [-0.2, 0) is 4.79 Å². The predicted molar refractivity (Wildman–Crippen MR) is 69.8 cm³/mol. The third-order valence-corrected chi connectivity index (χ3v) is 3.41. The number of hydrogen-bond donors (Lipinski definition) is 2. The summed E-state index contributed by atoms with van der Waals surface area (Å²) in [7, 11) is 0. The number of thiazole rings is 1. The van der Waals surface area contributed by atoms with E-state index in [1.165, 1.54) is 5.56 Å². The van der Waals surface area contributed by atoms with Gasteiger partial charge in [0.1, 0.15) is 0 Å². The number of nitrogens with one attached hydrogen (secondary N) is 1. The second-order valence-corrected chi connectivity index (χ2v) is 5.05. The van der Waals surface area contributed by atoms with Crippen LogP contribution in [0.5, 0.6) is 0 Å². The lowest BCUT2D eigenvalue weighted by Gasteiger charge is -1.97. The first kappa shape index (κ1) is 11.9. The fourth-order valence-electron chi connectivity index (χ4n) is 1.72. The summed E-state index contributed by atoms with van der Waals surface area (Å²) in [5, 5.41) is 12.4. The van der Waals surface area contributed by atoms with Gasteiger partial charge in [-0.05, 0) is 31.0 Å². The largest absolute Gasteiger partial charge is 0.481 e. The first-order valence-electron chi connectivity index (χ1n) is 5.40. The van der Waals surface area contributed by atoms with Crippen molar-refractivity contribution in [2.45, 2.75) is 20.3 Å². The Labute approximate surface area is 103 Å². The second-order valence-electron chi connectivity index (χ2n) is 4.02. The summed E-state index contributed by atoms with van der Waals surface area (Å²) in [6, 6.07) is 4.20. The zero-order valence-corrected chi connectivity index (χ0v) is 10.6. The van der Waals surface area contributed by atoms with E-state index >= 15 is 0 Å². The molecule has 2 rings (SSSR count). The standard InChI is InChI=1S/C12H14N2O2S/c1-7-5-8(2)11-9(6-7)17-12(14-11)13-4-3-10(15)16/h5-6H,3-4H2,1-2H3,(H,13,14)(H,15,16). The highest BCUT2D eigenvalue weighted by molar-refractivity contribution is 7.22. The second kappa shape index (κ2) is 4.71. The highest BCUT2D eigenvalue weighted by Crippen LogP contribution is 2.29. The van der Waals surface area contributed by atoms with E-state index in [0.29, 0.717) is 6.54 Å². The molecule has 5 heteroatoms. The molecule has 0 spiro atoms. The molecule has 0 radical (unpaired) electrons. The fraction of sp³-hybridized carbons (Fsp3) is 0.333. The number of carboxylic acid groups (broad SMARTS) is 1. The number of nitrogens with zero attached hydrogens (tertiary/aromatic N) is 1. The van der Waals surface area contributed by atoms with E-state index in [-0.39, 0.29) is 6.42 Å². The molecule has 1 aromatic carbocycles. The van der Waals surface area contributed by atoms with Gasteiger partial charge in [-0.1, -0.05) is 17.4 Å². The molecule has 1 heterocycles. The first-order valence-corrected chi connectivity index (χ1v) is 6.21. The normalized spacial score (nSPS) is 10.7. The monoisotopic (exact) mass is 250 g/mol. The van der Waals surface area contributed by atoms with E-state index in [0.717, 1.165) is 20.9 Å². The Bertz CT molecular complexity index is 563. The Morgan fingerprint density at radius 2 is 2.24 bits per heavy atom. The van der Waals surface area contributed by atoms with Gasteiger partial charge in [0.25, 0.3) is 0 Å². The third-order valence-electron chi connectivity index (χ3n) is 2.44. The van der Waals surface area contributed by atoms with E-state index in [9.17, 15) is 4.79 Å². The van der Waals surface area contributed by atoms with E-state index < -0.39 is 5.97 Å². The molecule has 90 valence electrons. The zero-order valence-electron chi connectivity index (χ0n) is 9.78. The Morgan fingerprint density at radius 3 is 2.94 bits per heavy atom. The van der Waals surface area contributed by atoms with Crippen molar-refractivity contribution in [1.29, 1.82) is 0 Å². The highest BCUT2D eigenvalue weighted by atomic mass is 32.1. The molecule has 0 aliphatic heterocycles. The quantitative estimate of drug-likeness (QED) is 0.876. The van der Waals surface area contributed by atoms with Crippen LogP contribution in [0, 0.1) is 13.8 Å². The van der Waals surface area contributed by atoms with Crippen LogP contribution in [0.15, 0.2) is 12.1 Å². The molecule has 0 saturated carbocycles. The van der Waals surface area contributed by atoms with Crippen molar-refractivity contribution >= 4 is 32.7 Å². The lowest BCUT2D eigenvalue weighted by atomic mass is 10.1. The van der Waals surface area contributed by atoms with E-state index in [4.69, 9.17) is 5.11 Å². The molecule has 4 nitrogen and oxygen atoms in total. The Balaban J connectivity index is 2.20. The smallest absolute Gasteiger partial charge is 0.305 e. The zero-order chi connectivity index (χ0) is 12.4. The van der Waals surface area contributed by atoms with Gasteiger partial charge < -0.3 is 10.4 Å². The molecule has 0 unspecified atom stereocenters. The van der Waals surface area contributed by atoms with Gasteiger partial charge in [0.15, 0.2) is 5.13 Å². The van der Waals surface area contributed by atoms with Crippen LogP contribution < -0.4 is 5.32 Å². The molecule has 0 aliphatic carbocycles. The molecule has 0 amide bonds. The van der Waals surface area contributed by atoms with Crippen molar-refractivity contribution in [3.05, 3.63) is 23.3 Å². The average molecular weight is 250 g/mol. The summed E-state index contributed by atoms with van der Waals surface area (Å²) in [5.41, 5.74) is 3.37. The molecule has 0 saturated heterocycles. The van der Waals surface area contributed by atoms with Crippen molar-refractivity contribution in [2.24, 2.45) is 0 Å². The minimum absolute atomic E-state index is 0.105. The maximum absolute atomic E-state index is 10.4. The number of rotatable bonds is 4. The number of aliphatic carboxylic acids is 1. The molecule has 0 fully saturated rings. The van der Waals surface area contributed by atoms with Crippen molar-refractivity contribution in [2.75, 3.05) is 11.9 Å². The van der Waals surface area contributed by atoms with Gasteiger partial charge in [-0.2, -0.15) is 0 Å². The molecule has 2 N–H and O–H groups in total. The van der Waals surface area contributed by atoms with Gasteiger partial charge in [0.2, 0.25) is 0 Å².